The molecule has 6 aromatic rings. The van der Waals surface area contributed by atoms with Gasteiger partial charge in [0.15, 0.2) is 0 Å². The van der Waals surface area contributed by atoms with Crippen molar-refractivity contribution in [3.8, 4) is 22.5 Å². The molecule has 3 heterocycles. The zero-order chi connectivity index (χ0) is 25.1. The van der Waals surface area contributed by atoms with Gasteiger partial charge in [-0.15, -0.1) is 0 Å². The van der Waals surface area contributed by atoms with Crippen molar-refractivity contribution in [2.45, 2.75) is 27.1 Å². The van der Waals surface area contributed by atoms with Gasteiger partial charge < -0.3 is 4.42 Å². The molecule has 6 rings (SSSR count). The summed E-state index contributed by atoms with van der Waals surface area (Å²) in [4.78, 5) is 9.28. The Morgan fingerprint density at radius 1 is 0.765 bits per heavy atom. The summed E-state index contributed by atoms with van der Waals surface area (Å²) in [6.45, 7) is 5.69. The highest BCUT2D eigenvalue weighted by molar-refractivity contribution is 6.13. The van der Waals surface area contributed by atoms with Crippen LogP contribution in [0.5, 0.6) is 0 Å². The van der Waals surface area contributed by atoms with Crippen molar-refractivity contribution in [3.05, 3.63) is 96.8 Å². The summed E-state index contributed by atoms with van der Waals surface area (Å²) < 4.78 is 23.3. The molecule has 3 aromatic carbocycles. The molecule has 0 saturated carbocycles. The van der Waals surface area contributed by atoms with Gasteiger partial charge in [-0.05, 0) is 64.5 Å². The monoisotopic (exact) mass is 444 g/mol. The van der Waals surface area contributed by atoms with Gasteiger partial charge in [0.1, 0.15) is 11.2 Å². The van der Waals surface area contributed by atoms with Crippen molar-refractivity contribution in [2.24, 2.45) is 5.41 Å². The molecule has 0 unspecified atom stereocenters. The minimum Gasteiger partial charge on any atom is -0.455 e. The molecule has 0 aliphatic carbocycles. The molecule has 3 aromatic heterocycles. The first-order valence-electron chi connectivity index (χ1n) is 12.5. The van der Waals surface area contributed by atoms with E-state index in [0.29, 0.717) is 5.56 Å². The van der Waals surface area contributed by atoms with E-state index in [1.54, 1.807) is 6.20 Å². The molecule has 3 nitrogen and oxygen atoms in total. The standard InChI is InChI=1S/C31H26N2O/c1-31(2,3)17-20-11-13-27(32-18-20)23-12-14-28(33-19-23)25-10-6-9-24-26-15-21-7-4-5-8-22(21)16-29(26)34-30(24)25/h4-16,18-19H,17H2,1-3H3/i17D2. The van der Waals surface area contributed by atoms with E-state index in [2.05, 4.69) is 41.4 Å². The lowest BCUT2D eigenvalue weighted by Crippen LogP contribution is -2.09. The van der Waals surface area contributed by atoms with Crippen LogP contribution in [0.3, 0.4) is 0 Å². The molecular formula is C31H26N2O. The number of rotatable bonds is 3. The molecule has 0 aliphatic rings. The normalized spacial score (nSPS) is 13.4. The maximum absolute atomic E-state index is 8.47. The van der Waals surface area contributed by atoms with Gasteiger partial charge in [0.2, 0.25) is 0 Å². The first-order valence-corrected chi connectivity index (χ1v) is 11.5. The van der Waals surface area contributed by atoms with Gasteiger partial charge in [0, 0.05) is 37.0 Å². The molecule has 0 fully saturated rings. The Labute approximate surface area is 201 Å². The quantitative estimate of drug-likeness (QED) is 0.275. The zero-order valence-corrected chi connectivity index (χ0v) is 19.5. The molecule has 0 aliphatic heterocycles. The molecule has 166 valence electrons. The first-order chi connectivity index (χ1) is 17.2. The fourth-order valence-electron chi connectivity index (χ4n) is 4.46. The third-order valence-electron chi connectivity index (χ3n) is 5.98. The number of hydrogen-bond acceptors (Lipinski definition) is 3. The average Bonchev–Trinajstić information content (AvgIpc) is 3.24. The molecule has 0 saturated heterocycles. The fourth-order valence-corrected chi connectivity index (χ4v) is 4.46. The summed E-state index contributed by atoms with van der Waals surface area (Å²) in [5, 5.41) is 4.52. The topological polar surface area (TPSA) is 38.9 Å². The SMILES string of the molecule is [2H]C([2H])(c1ccc(-c2ccc(-c3cccc4c3oc3cc5ccccc5cc34)nc2)nc1)C(C)(C)C. The van der Waals surface area contributed by atoms with Crippen LogP contribution >= 0.6 is 0 Å². The van der Waals surface area contributed by atoms with E-state index in [1.165, 1.54) is 5.39 Å². The van der Waals surface area contributed by atoms with E-state index in [0.717, 1.165) is 49.8 Å². The van der Waals surface area contributed by atoms with Crippen molar-refractivity contribution in [2.75, 3.05) is 0 Å². The number of fused-ring (bicyclic) bond motifs is 4. The second kappa shape index (κ2) is 7.81. The highest BCUT2D eigenvalue weighted by Crippen LogP contribution is 2.37. The first kappa shape index (κ1) is 18.4. The van der Waals surface area contributed by atoms with Crippen molar-refractivity contribution >= 4 is 32.7 Å². The van der Waals surface area contributed by atoms with E-state index < -0.39 is 11.8 Å². The molecule has 0 spiro atoms. The molecular weight excluding hydrogens is 416 g/mol. The van der Waals surface area contributed by atoms with Crippen LogP contribution < -0.4 is 0 Å². The van der Waals surface area contributed by atoms with Crippen LogP contribution in [-0.2, 0) is 6.37 Å². The van der Waals surface area contributed by atoms with Crippen LogP contribution in [0.25, 0.3) is 55.2 Å². The van der Waals surface area contributed by atoms with Gasteiger partial charge in [-0.25, -0.2) is 0 Å². The van der Waals surface area contributed by atoms with Crippen molar-refractivity contribution in [1.29, 1.82) is 0 Å². The maximum atomic E-state index is 8.47. The lowest BCUT2D eigenvalue weighted by atomic mass is 9.89. The van der Waals surface area contributed by atoms with Crippen molar-refractivity contribution in [3.63, 3.8) is 0 Å². The van der Waals surface area contributed by atoms with E-state index in [-0.39, 0.29) is 0 Å². The number of nitrogens with zero attached hydrogens (tertiary/aromatic N) is 2. The summed E-state index contributed by atoms with van der Waals surface area (Å²) >= 11 is 0. The Balaban J connectivity index is 1.37. The number of aromatic nitrogens is 2. The van der Waals surface area contributed by atoms with Crippen molar-refractivity contribution in [1.82, 2.24) is 9.97 Å². The van der Waals surface area contributed by atoms with Crippen LogP contribution in [-0.4, -0.2) is 9.97 Å². The molecule has 0 radical (unpaired) electrons. The molecule has 0 bridgehead atoms. The van der Waals surface area contributed by atoms with Gasteiger partial charge in [0.25, 0.3) is 0 Å². The summed E-state index contributed by atoms with van der Waals surface area (Å²) in [5.41, 5.74) is 5.16. The fraction of sp³-hybridized carbons (Fsp3) is 0.161. The molecule has 3 heteroatoms. The third-order valence-corrected chi connectivity index (χ3v) is 5.98. The van der Waals surface area contributed by atoms with E-state index in [9.17, 15) is 0 Å². The third kappa shape index (κ3) is 3.73. The largest absolute Gasteiger partial charge is 0.455 e. The van der Waals surface area contributed by atoms with E-state index in [4.69, 9.17) is 12.1 Å². The molecule has 0 amide bonds. The number of pyridine rings is 2. The average molecular weight is 445 g/mol. The van der Waals surface area contributed by atoms with Gasteiger partial charge in [0.05, 0.1) is 11.4 Å². The van der Waals surface area contributed by atoms with Crippen LogP contribution in [0.2, 0.25) is 0 Å². The van der Waals surface area contributed by atoms with Crippen molar-refractivity contribution < 1.29 is 7.16 Å². The Hall–Kier alpha value is -3.98. The van der Waals surface area contributed by atoms with E-state index >= 15 is 0 Å². The Morgan fingerprint density at radius 3 is 2.24 bits per heavy atom. The lowest BCUT2D eigenvalue weighted by Gasteiger charge is -2.17. The van der Waals surface area contributed by atoms with Crippen LogP contribution in [0.1, 0.15) is 29.1 Å². The van der Waals surface area contributed by atoms with Crippen LogP contribution in [0.4, 0.5) is 0 Å². The molecule has 0 N–H and O–H groups in total. The van der Waals surface area contributed by atoms with E-state index in [1.807, 2.05) is 69.4 Å². The Bertz CT molecular complexity index is 1730. The van der Waals surface area contributed by atoms with Crippen LogP contribution in [0.15, 0.2) is 95.7 Å². The zero-order valence-electron chi connectivity index (χ0n) is 21.5. The second-order valence-electron chi connectivity index (χ2n) is 9.72. The molecule has 34 heavy (non-hydrogen) atoms. The minimum absolute atomic E-state index is 0.524. The van der Waals surface area contributed by atoms with Crippen LogP contribution in [0, 0.1) is 5.41 Å². The number of furan rings is 1. The number of hydrogen-bond donors (Lipinski definition) is 0. The highest BCUT2D eigenvalue weighted by atomic mass is 16.3. The van der Waals surface area contributed by atoms with Gasteiger partial charge >= 0.3 is 0 Å². The maximum Gasteiger partial charge on any atom is 0.144 e. The highest BCUT2D eigenvalue weighted by Gasteiger charge is 2.15. The summed E-state index contributed by atoms with van der Waals surface area (Å²) in [6.07, 6.45) is 1.97. The number of para-hydroxylation sites is 1. The predicted octanol–water partition coefficient (Wildman–Crippen LogP) is 8.45. The summed E-state index contributed by atoms with van der Waals surface area (Å²) in [6, 6.07) is 26.4. The summed E-state index contributed by atoms with van der Waals surface area (Å²) in [7, 11) is 0. The van der Waals surface area contributed by atoms with Gasteiger partial charge in [-0.3, -0.25) is 9.97 Å². The Kier molecular flexibility index (Phi) is 4.24. The molecule has 0 atom stereocenters. The lowest BCUT2D eigenvalue weighted by molar-refractivity contribution is 0.411. The Morgan fingerprint density at radius 2 is 1.53 bits per heavy atom. The second-order valence-corrected chi connectivity index (χ2v) is 9.72. The predicted molar refractivity (Wildman–Crippen MR) is 141 cm³/mol. The van der Waals surface area contributed by atoms with Gasteiger partial charge in [-0.1, -0.05) is 63.2 Å². The minimum atomic E-state index is -1.47. The smallest absolute Gasteiger partial charge is 0.144 e. The van der Waals surface area contributed by atoms with Gasteiger partial charge in [-0.2, -0.15) is 0 Å². The number of benzene rings is 3. The summed E-state index contributed by atoms with van der Waals surface area (Å²) in [5.74, 6) is 0.